The number of rotatable bonds is 6. The van der Waals surface area contributed by atoms with Crippen LogP contribution in [-0.4, -0.2) is 70.9 Å². The minimum Gasteiger partial charge on any atom is -0.459 e. The lowest BCUT2D eigenvalue weighted by atomic mass is 9.98. The maximum absolute atomic E-state index is 12.7. The zero-order valence-electron chi connectivity index (χ0n) is 20.4. The number of esters is 2. The fourth-order valence-electron chi connectivity index (χ4n) is 4.98. The van der Waals surface area contributed by atoms with Crippen molar-refractivity contribution < 1.29 is 28.7 Å². The van der Waals surface area contributed by atoms with Gasteiger partial charge in [0.2, 0.25) is 11.8 Å². The van der Waals surface area contributed by atoms with Gasteiger partial charge in [-0.25, -0.2) is 9.59 Å². The van der Waals surface area contributed by atoms with Crippen LogP contribution >= 0.6 is 0 Å². The summed E-state index contributed by atoms with van der Waals surface area (Å²) >= 11 is 0. The molecule has 0 aromatic carbocycles. The highest BCUT2D eigenvalue weighted by Gasteiger charge is 2.33. The second-order valence-electron chi connectivity index (χ2n) is 9.74. The van der Waals surface area contributed by atoms with Gasteiger partial charge >= 0.3 is 11.9 Å². The third-order valence-corrected chi connectivity index (χ3v) is 6.95. The highest BCUT2D eigenvalue weighted by Crippen LogP contribution is 2.22. The lowest BCUT2D eigenvalue weighted by molar-refractivity contribution is -0.145. The smallest absolute Gasteiger partial charge is 0.331 e. The van der Waals surface area contributed by atoms with Crippen molar-refractivity contribution in [3.63, 3.8) is 0 Å². The average Bonchev–Trinajstić information content (AvgIpc) is 2.83. The summed E-state index contributed by atoms with van der Waals surface area (Å²) in [5.74, 6) is -1.53. The Hall–Kier alpha value is -2.64. The van der Waals surface area contributed by atoms with Crippen molar-refractivity contribution in [3.8, 4) is 0 Å². The molecule has 0 aromatic rings. The molecule has 3 aliphatic rings. The van der Waals surface area contributed by atoms with Crippen LogP contribution < -0.4 is 0 Å². The fraction of sp³-hybridized carbons (Fsp3) is 0.692. The van der Waals surface area contributed by atoms with Gasteiger partial charge in [0.1, 0.15) is 12.2 Å². The maximum atomic E-state index is 12.7. The number of carbonyl (C=O) groups is 4. The first-order valence-corrected chi connectivity index (χ1v) is 12.7. The number of ether oxygens (including phenoxy) is 2. The van der Waals surface area contributed by atoms with Gasteiger partial charge in [0.05, 0.1) is 0 Å². The Kier molecular flexibility index (Phi) is 9.72. The van der Waals surface area contributed by atoms with E-state index in [1.54, 1.807) is 9.80 Å². The number of amides is 2. The molecule has 2 aliphatic carbocycles. The van der Waals surface area contributed by atoms with E-state index in [4.69, 9.17) is 9.47 Å². The number of nitrogens with zero attached hydrogens (tertiary/aromatic N) is 2. The Morgan fingerprint density at radius 3 is 1.29 bits per heavy atom. The van der Waals surface area contributed by atoms with Crippen molar-refractivity contribution in [3.05, 3.63) is 24.3 Å². The standard InChI is InChI=1S/C26H38N2O6/c1-19-17-28(24(30)14-16-26(32)34-22-11-7-4-8-12-22)20(2)18-27(19)23(29)13-15-25(31)33-21-9-5-3-6-10-21/h13-16,19-22H,3-12,17-18H2,1-2H3/b15-13-,16-14-/t19-,20-/m1/s1. The maximum Gasteiger partial charge on any atom is 0.331 e. The van der Waals surface area contributed by atoms with Gasteiger partial charge in [-0.05, 0) is 65.2 Å². The van der Waals surface area contributed by atoms with Crippen LogP contribution in [-0.2, 0) is 28.7 Å². The molecule has 8 heteroatoms. The lowest BCUT2D eigenvalue weighted by Gasteiger charge is -2.43. The van der Waals surface area contributed by atoms with Gasteiger partial charge in [-0.2, -0.15) is 0 Å². The summed E-state index contributed by atoms with van der Waals surface area (Å²) in [6.07, 6.45) is 14.9. The Morgan fingerprint density at radius 1 is 0.588 bits per heavy atom. The van der Waals surface area contributed by atoms with E-state index in [9.17, 15) is 19.2 Å². The summed E-state index contributed by atoms with van der Waals surface area (Å²) in [4.78, 5) is 52.8. The third-order valence-electron chi connectivity index (χ3n) is 6.95. The molecule has 1 heterocycles. The zero-order valence-corrected chi connectivity index (χ0v) is 20.4. The Balaban J connectivity index is 1.46. The van der Waals surface area contributed by atoms with Crippen molar-refractivity contribution in [1.29, 1.82) is 0 Å². The van der Waals surface area contributed by atoms with Gasteiger partial charge in [-0.3, -0.25) is 9.59 Å². The normalized spacial score (nSPS) is 25.0. The van der Waals surface area contributed by atoms with Crippen LogP contribution in [0.1, 0.15) is 78.1 Å². The van der Waals surface area contributed by atoms with Crippen LogP contribution in [0.4, 0.5) is 0 Å². The van der Waals surface area contributed by atoms with Crippen LogP contribution in [0.15, 0.2) is 24.3 Å². The van der Waals surface area contributed by atoms with Crippen LogP contribution in [0.5, 0.6) is 0 Å². The predicted molar refractivity (Wildman–Crippen MR) is 127 cm³/mol. The van der Waals surface area contributed by atoms with Crippen molar-refractivity contribution in [1.82, 2.24) is 9.80 Å². The van der Waals surface area contributed by atoms with E-state index in [1.165, 1.54) is 37.1 Å². The van der Waals surface area contributed by atoms with E-state index in [0.29, 0.717) is 13.1 Å². The van der Waals surface area contributed by atoms with Gasteiger partial charge in [-0.15, -0.1) is 0 Å². The molecule has 0 radical (unpaired) electrons. The van der Waals surface area contributed by atoms with E-state index in [-0.39, 0.29) is 36.1 Å². The second kappa shape index (κ2) is 12.7. The summed E-state index contributed by atoms with van der Waals surface area (Å²) in [6.45, 7) is 4.40. The van der Waals surface area contributed by atoms with Crippen LogP contribution in [0.3, 0.4) is 0 Å². The quantitative estimate of drug-likeness (QED) is 0.433. The van der Waals surface area contributed by atoms with E-state index in [0.717, 1.165) is 51.4 Å². The second-order valence-corrected chi connectivity index (χ2v) is 9.74. The third kappa shape index (κ3) is 7.71. The molecule has 2 saturated carbocycles. The first-order chi connectivity index (χ1) is 16.3. The molecule has 0 bridgehead atoms. The minimum atomic E-state index is -0.486. The van der Waals surface area contributed by atoms with Crippen molar-refractivity contribution >= 4 is 23.8 Å². The molecule has 2 amide bonds. The minimum absolute atomic E-state index is 0.0532. The molecule has 0 unspecified atom stereocenters. The summed E-state index contributed by atoms with van der Waals surface area (Å²) in [6, 6.07) is -0.455. The monoisotopic (exact) mass is 474 g/mol. The highest BCUT2D eigenvalue weighted by atomic mass is 16.5. The number of piperazine rings is 1. The zero-order chi connectivity index (χ0) is 24.5. The number of hydrogen-bond donors (Lipinski definition) is 0. The topological polar surface area (TPSA) is 93.2 Å². The molecule has 0 N–H and O–H groups in total. The van der Waals surface area contributed by atoms with E-state index in [1.807, 2.05) is 13.8 Å². The fourth-order valence-corrected chi connectivity index (χ4v) is 4.98. The molecule has 1 saturated heterocycles. The molecule has 1 aliphatic heterocycles. The Morgan fingerprint density at radius 2 is 0.941 bits per heavy atom. The lowest BCUT2D eigenvalue weighted by Crippen LogP contribution is -2.59. The van der Waals surface area contributed by atoms with Gasteiger partial charge in [0.25, 0.3) is 0 Å². The summed E-state index contributed by atoms with van der Waals surface area (Å²) in [5, 5.41) is 0. The molecule has 8 nitrogen and oxygen atoms in total. The van der Waals surface area contributed by atoms with E-state index in [2.05, 4.69) is 0 Å². The van der Waals surface area contributed by atoms with Gasteiger partial charge in [-0.1, -0.05) is 12.8 Å². The largest absolute Gasteiger partial charge is 0.459 e. The molecule has 34 heavy (non-hydrogen) atoms. The van der Waals surface area contributed by atoms with E-state index < -0.39 is 11.9 Å². The molecule has 3 rings (SSSR count). The molecule has 3 fully saturated rings. The van der Waals surface area contributed by atoms with E-state index >= 15 is 0 Å². The van der Waals surface area contributed by atoms with Crippen LogP contribution in [0.2, 0.25) is 0 Å². The summed E-state index contributed by atoms with van der Waals surface area (Å²) in [5.41, 5.74) is 0. The predicted octanol–water partition coefficient (Wildman–Crippen LogP) is 3.30. The molecule has 0 spiro atoms. The van der Waals surface area contributed by atoms with Crippen molar-refractivity contribution in [2.75, 3.05) is 13.1 Å². The molecular formula is C26H38N2O6. The Labute approximate surface area is 202 Å². The number of carbonyl (C=O) groups excluding carboxylic acids is 4. The SMILES string of the molecule is C[C@@H]1CN(C(=O)/C=C\C(=O)OC2CCCCC2)[C@H](C)CN1C(=O)/C=C\C(=O)OC1CCCCC1. The summed E-state index contributed by atoms with van der Waals surface area (Å²) < 4.78 is 10.8. The molecule has 2 atom stereocenters. The summed E-state index contributed by atoms with van der Waals surface area (Å²) in [7, 11) is 0. The van der Waals surface area contributed by atoms with Crippen LogP contribution in [0.25, 0.3) is 0 Å². The molecule has 0 aromatic heterocycles. The Bertz CT molecular complexity index is 729. The van der Waals surface area contributed by atoms with Gasteiger partial charge < -0.3 is 19.3 Å². The van der Waals surface area contributed by atoms with Crippen molar-refractivity contribution in [2.24, 2.45) is 0 Å². The average molecular weight is 475 g/mol. The van der Waals surface area contributed by atoms with Gasteiger partial charge in [0, 0.05) is 49.5 Å². The number of hydrogen-bond acceptors (Lipinski definition) is 6. The highest BCUT2D eigenvalue weighted by molar-refractivity contribution is 5.96. The molecule has 188 valence electrons. The van der Waals surface area contributed by atoms with Crippen LogP contribution in [0, 0.1) is 0 Å². The first-order valence-electron chi connectivity index (χ1n) is 12.7. The van der Waals surface area contributed by atoms with Gasteiger partial charge in [0.15, 0.2) is 0 Å². The van der Waals surface area contributed by atoms with Crippen molar-refractivity contribution in [2.45, 2.75) is 102 Å². The first kappa shape index (κ1) is 26.0. The molecular weight excluding hydrogens is 436 g/mol.